The number of esters is 1. The Kier molecular flexibility index (Phi) is 7.86. The van der Waals surface area contributed by atoms with E-state index in [0.717, 1.165) is 30.8 Å². The number of benzene rings is 2. The first kappa shape index (κ1) is 21.0. The Labute approximate surface area is 166 Å². The minimum atomic E-state index is -0.898. The van der Waals surface area contributed by atoms with E-state index < -0.39 is 5.41 Å². The molecule has 0 aliphatic heterocycles. The van der Waals surface area contributed by atoms with Gasteiger partial charge in [0.05, 0.1) is 10.8 Å². The van der Waals surface area contributed by atoms with Gasteiger partial charge >= 0.3 is 5.97 Å². The van der Waals surface area contributed by atoms with Crippen LogP contribution in [0, 0.1) is 0 Å². The summed E-state index contributed by atoms with van der Waals surface area (Å²) in [6.45, 7) is 9.08. The quantitative estimate of drug-likeness (QED) is 0.361. The third kappa shape index (κ3) is 5.10. The van der Waals surface area contributed by atoms with E-state index in [1.54, 1.807) is 0 Å². The summed E-state index contributed by atoms with van der Waals surface area (Å²) in [5.74, 6) is -0.257. The highest BCUT2D eigenvalue weighted by atomic mass is 32.1. The number of nitrogens with zero attached hydrogens (tertiary/aromatic N) is 2. The average molecular weight is 383 g/mol. The molecule has 0 N–H and O–H groups in total. The molecule has 0 aliphatic carbocycles. The zero-order valence-electron chi connectivity index (χ0n) is 16.1. The van der Waals surface area contributed by atoms with Crippen LogP contribution >= 0.6 is 12.2 Å². The van der Waals surface area contributed by atoms with Gasteiger partial charge in [0, 0.05) is 6.54 Å². The Morgan fingerprint density at radius 3 is 2.22 bits per heavy atom. The van der Waals surface area contributed by atoms with Gasteiger partial charge in [0.15, 0.2) is 0 Å². The molecule has 27 heavy (non-hydrogen) atoms. The van der Waals surface area contributed by atoms with Crippen molar-refractivity contribution in [2.75, 3.05) is 26.2 Å². The van der Waals surface area contributed by atoms with Gasteiger partial charge in [-0.3, -0.25) is 4.79 Å². The van der Waals surface area contributed by atoms with E-state index in [0.29, 0.717) is 12.3 Å². The van der Waals surface area contributed by atoms with Gasteiger partial charge in [0.2, 0.25) is 0 Å². The van der Waals surface area contributed by atoms with Gasteiger partial charge in [-0.15, -0.1) is 0 Å². The summed E-state index contributed by atoms with van der Waals surface area (Å²) in [6, 6.07) is 17.2. The van der Waals surface area contributed by atoms with Gasteiger partial charge < -0.3 is 9.64 Å². The van der Waals surface area contributed by atoms with Crippen molar-refractivity contribution < 1.29 is 9.53 Å². The first-order valence-electron chi connectivity index (χ1n) is 9.19. The molecular weight excluding hydrogens is 356 g/mol. The number of likely N-dealkylation sites (N-methyl/N-ethyl adjacent to an activating group) is 1. The fourth-order valence-corrected chi connectivity index (χ4v) is 3.15. The normalized spacial score (nSPS) is 12.9. The number of thiocarbonyl (C=S) groups is 1. The van der Waals surface area contributed by atoms with Crippen molar-refractivity contribution in [2.24, 2.45) is 4.99 Å². The largest absolute Gasteiger partial charge is 0.463 e. The molecule has 0 bridgehead atoms. The van der Waals surface area contributed by atoms with Crippen LogP contribution in [0.1, 0.15) is 31.9 Å². The van der Waals surface area contributed by atoms with Gasteiger partial charge in [-0.25, -0.2) is 0 Å². The molecule has 5 heteroatoms. The Hall–Kier alpha value is -2.33. The van der Waals surface area contributed by atoms with Crippen LogP contribution in [0.4, 0.5) is 5.69 Å². The summed E-state index contributed by atoms with van der Waals surface area (Å²) in [6.07, 6.45) is 0. The number of hydrogen-bond acceptors (Lipinski definition) is 5. The van der Waals surface area contributed by atoms with Gasteiger partial charge in [-0.2, -0.15) is 4.99 Å². The molecular formula is C22H26N2O2S. The van der Waals surface area contributed by atoms with E-state index in [-0.39, 0.29) is 5.97 Å². The van der Waals surface area contributed by atoms with Crippen LogP contribution in [0.5, 0.6) is 0 Å². The molecule has 1 unspecified atom stereocenters. The zero-order valence-corrected chi connectivity index (χ0v) is 17.0. The van der Waals surface area contributed by atoms with Crippen LogP contribution in [0.25, 0.3) is 0 Å². The maximum absolute atomic E-state index is 13.1. The molecule has 0 fully saturated rings. The van der Waals surface area contributed by atoms with Crippen molar-refractivity contribution >= 4 is 29.0 Å². The van der Waals surface area contributed by atoms with Crippen LogP contribution in [0.15, 0.2) is 59.6 Å². The second kappa shape index (κ2) is 10.1. The molecule has 0 aromatic heterocycles. The molecule has 4 nitrogen and oxygen atoms in total. The van der Waals surface area contributed by atoms with Crippen molar-refractivity contribution in [3.8, 4) is 0 Å². The van der Waals surface area contributed by atoms with E-state index in [4.69, 9.17) is 4.74 Å². The third-order valence-corrected chi connectivity index (χ3v) is 5.01. The summed E-state index contributed by atoms with van der Waals surface area (Å²) in [5.41, 5.74) is 1.55. The van der Waals surface area contributed by atoms with Crippen LogP contribution < -0.4 is 0 Å². The number of aliphatic imine (C=N–C) groups is 1. The molecule has 2 aromatic carbocycles. The summed E-state index contributed by atoms with van der Waals surface area (Å²) in [7, 11) is 0. The standard InChI is InChI=1S/C22H26N2O2S/c1-4-24(5-2)15-16-26-21(25)22(3,18-9-7-6-8-10-18)19-11-13-20(14-12-19)23-17-27/h6-14H,4-5,15-16H2,1-3H3. The Bertz CT molecular complexity index is 782. The first-order valence-corrected chi connectivity index (χ1v) is 9.60. The second-order valence-electron chi connectivity index (χ2n) is 6.40. The summed E-state index contributed by atoms with van der Waals surface area (Å²) in [4.78, 5) is 19.3. The third-order valence-electron chi connectivity index (χ3n) is 4.91. The summed E-state index contributed by atoms with van der Waals surface area (Å²) < 4.78 is 5.69. The van der Waals surface area contributed by atoms with E-state index in [1.807, 2.05) is 61.5 Å². The van der Waals surface area contributed by atoms with E-state index in [1.165, 1.54) is 0 Å². The van der Waals surface area contributed by atoms with Crippen molar-refractivity contribution in [3.63, 3.8) is 0 Å². The van der Waals surface area contributed by atoms with Crippen LogP contribution in [0.3, 0.4) is 0 Å². The van der Waals surface area contributed by atoms with Crippen LogP contribution in [-0.2, 0) is 14.9 Å². The topological polar surface area (TPSA) is 41.9 Å². The molecule has 2 rings (SSSR count). The van der Waals surface area contributed by atoms with Gasteiger partial charge in [-0.1, -0.05) is 56.3 Å². The molecule has 0 aliphatic rings. The highest BCUT2D eigenvalue weighted by molar-refractivity contribution is 7.78. The molecule has 2 aromatic rings. The highest BCUT2D eigenvalue weighted by Crippen LogP contribution is 2.34. The Morgan fingerprint density at radius 1 is 1.07 bits per heavy atom. The van der Waals surface area contributed by atoms with Crippen LogP contribution in [0.2, 0.25) is 0 Å². The number of ether oxygens (including phenoxy) is 1. The van der Waals surface area contributed by atoms with E-state index in [9.17, 15) is 4.79 Å². The fraction of sp³-hybridized carbons (Fsp3) is 0.364. The molecule has 0 spiro atoms. The second-order valence-corrected chi connectivity index (χ2v) is 6.59. The van der Waals surface area contributed by atoms with Crippen molar-refractivity contribution in [2.45, 2.75) is 26.2 Å². The lowest BCUT2D eigenvalue weighted by Gasteiger charge is -2.29. The average Bonchev–Trinajstić information content (AvgIpc) is 2.72. The van der Waals surface area contributed by atoms with E-state index >= 15 is 0 Å². The number of hydrogen-bond donors (Lipinski definition) is 0. The molecule has 0 saturated carbocycles. The minimum absolute atomic E-state index is 0.257. The molecule has 142 valence electrons. The summed E-state index contributed by atoms with van der Waals surface area (Å²) in [5, 5.41) is 2.36. The molecule has 0 saturated heterocycles. The van der Waals surface area contributed by atoms with Gasteiger partial charge in [0.25, 0.3) is 0 Å². The fourth-order valence-electron chi connectivity index (χ4n) is 3.05. The number of rotatable bonds is 9. The number of carbonyl (C=O) groups excluding carboxylic acids is 1. The molecule has 0 radical (unpaired) electrons. The van der Waals surface area contributed by atoms with Gasteiger partial charge in [0.1, 0.15) is 12.0 Å². The van der Waals surface area contributed by atoms with Crippen molar-refractivity contribution in [3.05, 3.63) is 65.7 Å². The first-order chi connectivity index (χ1) is 13.1. The maximum atomic E-state index is 13.1. The minimum Gasteiger partial charge on any atom is -0.463 e. The molecule has 0 heterocycles. The lowest BCUT2D eigenvalue weighted by molar-refractivity contribution is -0.148. The number of isothiocyanates is 1. The Balaban J connectivity index is 2.30. The maximum Gasteiger partial charge on any atom is 0.320 e. The van der Waals surface area contributed by atoms with E-state index in [2.05, 4.69) is 41.1 Å². The zero-order chi connectivity index (χ0) is 19.7. The van der Waals surface area contributed by atoms with Crippen LogP contribution in [-0.4, -0.2) is 42.3 Å². The van der Waals surface area contributed by atoms with Gasteiger partial charge in [-0.05, 0) is 55.5 Å². The summed E-state index contributed by atoms with van der Waals surface area (Å²) >= 11 is 4.65. The predicted molar refractivity (Wildman–Crippen MR) is 113 cm³/mol. The molecule has 0 amide bonds. The highest BCUT2D eigenvalue weighted by Gasteiger charge is 2.38. The monoisotopic (exact) mass is 382 g/mol. The van der Waals surface area contributed by atoms with Crippen molar-refractivity contribution in [1.82, 2.24) is 4.90 Å². The lowest BCUT2D eigenvalue weighted by Crippen LogP contribution is -2.37. The smallest absolute Gasteiger partial charge is 0.320 e. The Morgan fingerprint density at radius 2 is 1.67 bits per heavy atom. The number of carbonyl (C=O) groups is 1. The van der Waals surface area contributed by atoms with Crippen molar-refractivity contribution in [1.29, 1.82) is 0 Å². The SMILES string of the molecule is CCN(CC)CCOC(=O)C(C)(c1ccccc1)c1ccc(N=C=S)cc1. The lowest BCUT2D eigenvalue weighted by atomic mass is 9.76. The molecule has 1 atom stereocenters. The predicted octanol–water partition coefficient (Wildman–Crippen LogP) is 4.61.